The molecule has 0 aliphatic carbocycles. The molecule has 1 aromatic heterocycles. The van der Waals surface area contributed by atoms with Crippen molar-refractivity contribution in [1.82, 2.24) is 4.98 Å². The quantitative estimate of drug-likeness (QED) is 0.665. The highest BCUT2D eigenvalue weighted by Gasteiger charge is 2.31. The Morgan fingerprint density at radius 1 is 1.00 bits per heavy atom. The van der Waals surface area contributed by atoms with Crippen LogP contribution in [0.1, 0.15) is 13.8 Å². The number of carboxylic acid groups (broad SMARTS) is 1. The van der Waals surface area contributed by atoms with Crippen LogP contribution in [0.2, 0.25) is 0 Å². The Balaban J connectivity index is 2.08. The fourth-order valence-electron chi connectivity index (χ4n) is 2.18. The van der Waals surface area contributed by atoms with Crippen LogP contribution in [0.15, 0.2) is 70.3 Å². The van der Waals surface area contributed by atoms with Crippen LogP contribution in [0.3, 0.4) is 0 Å². The Bertz CT molecular complexity index is 785. The summed E-state index contributed by atoms with van der Waals surface area (Å²) < 4.78 is 4.91. The van der Waals surface area contributed by atoms with Gasteiger partial charge in [-0.25, -0.2) is 4.98 Å². The normalized spacial score (nSPS) is 11.4. The van der Waals surface area contributed by atoms with Crippen molar-refractivity contribution in [2.75, 3.05) is 0 Å². The molecule has 122 valence electrons. The summed E-state index contributed by atoms with van der Waals surface area (Å²) in [6, 6.07) is 19.4. The van der Waals surface area contributed by atoms with Gasteiger partial charge in [0.2, 0.25) is 0 Å². The van der Waals surface area contributed by atoms with Gasteiger partial charge < -0.3 is 9.52 Å². The first-order valence-electron chi connectivity index (χ1n) is 7.51. The third-order valence-electron chi connectivity index (χ3n) is 3.55. The van der Waals surface area contributed by atoms with Crippen LogP contribution < -0.4 is 0 Å². The van der Waals surface area contributed by atoms with Crippen molar-refractivity contribution in [1.29, 1.82) is 0 Å². The molecule has 0 unspecified atom stereocenters. The smallest absolute Gasteiger partial charge is 0.319 e. The predicted octanol–water partition coefficient (Wildman–Crippen LogP) is 4.96. The summed E-state index contributed by atoms with van der Waals surface area (Å²) in [5, 5.41) is 9.67. The molecule has 3 rings (SSSR count). The van der Waals surface area contributed by atoms with E-state index in [1.54, 1.807) is 13.8 Å². The average Bonchev–Trinajstić information content (AvgIpc) is 2.99. The van der Waals surface area contributed by atoms with E-state index in [9.17, 15) is 9.90 Å². The van der Waals surface area contributed by atoms with Crippen molar-refractivity contribution in [3.05, 3.63) is 60.7 Å². The van der Waals surface area contributed by atoms with E-state index < -0.39 is 10.7 Å². The Morgan fingerprint density at radius 3 is 2.08 bits per heavy atom. The van der Waals surface area contributed by atoms with Crippen molar-refractivity contribution in [2.24, 2.45) is 0 Å². The lowest BCUT2D eigenvalue weighted by Gasteiger charge is -2.15. The highest BCUT2D eigenvalue weighted by atomic mass is 32.2. The Hall–Kier alpha value is -2.53. The molecular formula is C19H17NO3S. The van der Waals surface area contributed by atoms with Crippen LogP contribution in [0.5, 0.6) is 0 Å². The number of aromatic nitrogens is 1. The Labute approximate surface area is 144 Å². The Morgan fingerprint density at radius 2 is 1.54 bits per heavy atom. The first-order valence-corrected chi connectivity index (χ1v) is 8.33. The van der Waals surface area contributed by atoms with E-state index in [0.29, 0.717) is 16.7 Å². The topological polar surface area (TPSA) is 63.3 Å². The zero-order valence-corrected chi connectivity index (χ0v) is 14.2. The van der Waals surface area contributed by atoms with Crippen molar-refractivity contribution in [3.8, 4) is 22.6 Å². The maximum absolute atomic E-state index is 11.4. The lowest BCUT2D eigenvalue weighted by atomic mass is 10.1. The molecule has 0 atom stereocenters. The minimum atomic E-state index is -1.02. The molecular weight excluding hydrogens is 322 g/mol. The largest absolute Gasteiger partial charge is 0.480 e. The molecule has 4 nitrogen and oxygen atoms in total. The molecule has 24 heavy (non-hydrogen) atoms. The van der Waals surface area contributed by atoms with Gasteiger partial charge in [-0.1, -0.05) is 60.7 Å². The van der Waals surface area contributed by atoms with Gasteiger partial charge in [0.05, 0.1) is 0 Å². The first-order chi connectivity index (χ1) is 11.5. The summed E-state index contributed by atoms with van der Waals surface area (Å²) >= 11 is 1.10. The highest BCUT2D eigenvalue weighted by molar-refractivity contribution is 8.01. The van der Waals surface area contributed by atoms with Gasteiger partial charge in [-0.15, -0.1) is 0 Å². The van der Waals surface area contributed by atoms with E-state index in [2.05, 4.69) is 4.98 Å². The molecule has 5 heteroatoms. The molecule has 3 aromatic rings. The van der Waals surface area contributed by atoms with Crippen molar-refractivity contribution in [2.45, 2.75) is 23.8 Å². The fourth-order valence-corrected chi connectivity index (χ4v) is 2.97. The lowest BCUT2D eigenvalue weighted by Crippen LogP contribution is -2.26. The maximum atomic E-state index is 11.4. The number of benzene rings is 2. The monoisotopic (exact) mass is 339 g/mol. The molecule has 0 spiro atoms. The number of oxazole rings is 1. The molecule has 0 radical (unpaired) electrons. The van der Waals surface area contributed by atoms with Crippen LogP contribution in [0.4, 0.5) is 0 Å². The first kappa shape index (κ1) is 16.3. The second-order valence-electron chi connectivity index (χ2n) is 5.81. The van der Waals surface area contributed by atoms with Crippen molar-refractivity contribution < 1.29 is 14.3 Å². The van der Waals surface area contributed by atoms with Gasteiger partial charge >= 0.3 is 5.97 Å². The SMILES string of the molecule is CC(C)(Sc1nc(-c2ccccc2)c(-c2ccccc2)o1)C(=O)O. The number of hydrogen-bond donors (Lipinski definition) is 1. The summed E-state index contributed by atoms with van der Waals surface area (Å²) in [5.74, 6) is -0.265. The molecule has 0 fully saturated rings. The predicted molar refractivity (Wildman–Crippen MR) is 94.9 cm³/mol. The zero-order chi connectivity index (χ0) is 17.2. The Kier molecular flexibility index (Phi) is 4.44. The summed E-state index contributed by atoms with van der Waals surface area (Å²) in [4.78, 5) is 15.9. The zero-order valence-electron chi connectivity index (χ0n) is 13.4. The van der Waals surface area contributed by atoms with E-state index in [4.69, 9.17) is 4.42 Å². The third kappa shape index (κ3) is 3.36. The molecule has 0 saturated carbocycles. The number of aliphatic carboxylic acids is 1. The summed E-state index contributed by atoms with van der Waals surface area (Å²) in [7, 11) is 0. The minimum Gasteiger partial charge on any atom is -0.480 e. The lowest BCUT2D eigenvalue weighted by molar-refractivity contribution is -0.138. The van der Waals surface area contributed by atoms with Crippen LogP contribution >= 0.6 is 11.8 Å². The number of carboxylic acids is 1. The molecule has 0 aliphatic rings. The van der Waals surface area contributed by atoms with Crippen LogP contribution in [-0.4, -0.2) is 20.8 Å². The number of carbonyl (C=O) groups is 1. The van der Waals surface area contributed by atoms with Gasteiger partial charge in [-0.05, 0) is 25.6 Å². The van der Waals surface area contributed by atoms with Gasteiger partial charge in [-0.2, -0.15) is 0 Å². The van der Waals surface area contributed by atoms with Crippen molar-refractivity contribution in [3.63, 3.8) is 0 Å². The van der Waals surface area contributed by atoms with E-state index in [1.807, 2.05) is 60.7 Å². The minimum absolute atomic E-state index is 0.347. The number of nitrogens with zero attached hydrogens (tertiary/aromatic N) is 1. The fraction of sp³-hybridized carbons (Fsp3) is 0.158. The number of thioether (sulfide) groups is 1. The van der Waals surface area contributed by atoms with Crippen LogP contribution in [0.25, 0.3) is 22.6 Å². The molecule has 1 N–H and O–H groups in total. The summed E-state index contributed by atoms with van der Waals surface area (Å²) in [6.45, 7) is 3.27. The standard InChI is InChI=1S/C19H17NO3S/c1-19(2,17(21)22)24-18-20-15(13-9-5-3-6-10-13)16(23-18)14-11-7-4-8-12-14/h3-12H,1-2H3,(H,21,22). The molecule has 0 amide bonds. The molecule has 2 aromatic carbocycles. The summed E-state index contributed by atoms with van der Waals surface area (Å²) in [5.41, 5.74) is 2.55. The highest BCUT2D eigenvalue weighted by Crippen LogP contribution is 2.39. The van der Waals surface area contributed by atoms with Crippen molar-refractivity contribution >= 4 is 17.7 Å². The van der Waals surface area contributed by atoms with E-state index in [0.717, 1.165) is 22.9 Å². The van der Waals surface area contributed by atoms with E-state index in [1.165, 1.54) is 0 Å². The second-order valence-corrected chi connectivity index (χ2v) is 7.38. The van der Waals surface area contributed by atoms with E-state index in [-0.39, 0.29) is 0 Å². The average molecular weight is 339 g/mol. The molecule has 0 bridgehead atoms. The molecule has 0 saturated heterocycles. The van der Waals surface area contributed by atoms with E-state index >= 15 is 0 Å². The van der Waals surface area contributed by atoms with Gasteiger partial charge in [0.15, 0.2) is 5.76 Å². The third-order valence-corrected chi connectivity index (χ3v) is 4.58. The number of rotatable bonds is 5. The van der Waals surface area contributed by atoms with Gasteiger partial charge in [0.1, 0.15) is 10.4 Å². The van der Waals surface area contributed by atoms with Gasteiger partial charge in [0.25, 0.3) is 5.22 Å². The summed E-state index contributed by atoms with van der Waals surface area (Å²) in [6.07, 6.45) is 0. The molecule has 0 aliphatic heterocycles. The van der Waals surface area contributed by atoms with Gasteiger partial charge in [0, 0.05) is 11.1 Å². The van der Waals surface area contributed by atoms with Crippen LogP contribution in [0, 0.1) is 0 Å². The maximum Gasteiger partial charge on any atom is 0.319 e. The number of hydrogen-bond acceptors (Lipinski definition) is 4. The molecule has 1 heterocycles. The van der Waals surface area contributed by atoms with Gasteiger partial charge in [-0.3, -0.25) is 4.79 Å². The second kappa shape index (κ2) is 6.53. The van der Waals surface area contributed by atoms with Crippen LogP contribution in [-0.2, 0) is 4.79 Å².